The molecule has 6 heteroatoms. The maximum atomic E-state index is 12.9. The van der Waals surface area contributed by atoms with Gasteiger partial charge in [0.1, 0.15) is 5.70 Å². The van der Waals surface area contributed by atoms with Gasteiger partial charge in [0.15, 0.2) is 0 Å². The van der Waals surface area contributed by atoms with Crippen LogP contribution in [0.4, 0.5) is 4.79 Å². The van der Waals surface area contributed by atoms with Crippen molar-refractivity contribution in [1.29, 1.82) is 0 Å². The quantitative estimate of drug-likeness (QED) is 0.259. The molecule has 0 atom stereocenters. The molecule has 0 saturated carbocycles. The van der Waals surface area contributed by atoms with Crippen LogP contribution in [-0.2, 0) is 4.79 Å². The number of urea groups is 1. The summed E-state index contributed by atoms with van der Waals surface area (Å²) in [5, 5.41) is 0. The van der Waals surface area contributed by atoms with E-state index >= 15 is 0 Å². The lowest BCUT2D eigenvalue weighted by molar-refractivity contribution is -0.368. The molecule has 0 aromatic heterocycles. The molecule has 5 nitrogen and oxygen atoms in total. The number of hydrogen-bond donors (Lipinski definition) is 1. The lowest BCUT2D eigenvalue weighted by atomic mass is 9.96. The van der Waals surface area contributed by atoms with Gasteiger partial charge in [-0.05, 0) is 31.1 Å². The molecule has 3 N–H and O–H groups in total. The zero-order chi connectivity index (χ0) is 21.0. The number of imide groups is 1. The summed E-state index contributed by atoms with van der Waals surface area (Å²) in [5.41, 5.74) is 4.39. The van der Waals surface area contributed by atoms with Crippen LogP contribution in [0, 0.1) is 5.41 Å². The van der Waals surface area contributed by atoms with Crippen molar-refractivity contribution in [2.45, 2.75) is 98.3 Å². The Morgan fingerprint density at radius 3 is 2.00 bits per heavy atom. The number of halogens is 1. The molecular formula is C23H44ClN3O2. The first-order valence-electron chi connectivity index (χ1n) is 11.4. The van der Waals surface area contributed by atoms with Crippen molar-refractivity contribution in [3.05, 3.63) is 11.8 Å². The number of rotatable bonds is 14. The minimum Gasteiger partial charge on any atom is -1.00 e. The van der Waals surface area contributed by atoms with Crippen LogP contribution in [0.5, 0.6) is 0 Å². The Hall–Kier alpha value is -1.07. The molecule has 0 unspecified atom stereocenters. The number of hydrogen-bond acceptors (Lipinski definition) is 2. The molecular weight excluding hydrogens is 386 g/mol. The molecule has 3 amide bonds. The molecule has 0 radical (unpaired) electrons. The van der Waals surface area contributed by atoms with Crippen LogP contribution < -0.4 is 18.1 Å². The third-order valence-electron chi connectivity index (χ3n) is 5.13. The molecule has 1 saturated heterocycles. The van der Waals surface area contributed by atoms with Gasteiger partial charge in [-0.25, -0.2) is 4.79 Å². The molecule has 29 heavy (non-hydrogen) atoms. The first kappa shape index (κ1) is 27.9. The number of carbonyl (C=O) groups is 2. The average Bonchev–Trinajstić information content (AvgIpc) is 2.83. The Morgan fingerprint density at radius 1 is 0.862 bits per heavy atom. The molecule has 0 aromatic rings. The van der Waals surface area contributed by atoms with E-state index in [0.717, 1.165) is 32.2 Å². The van der Waals surface area contributed by atoms with Crippen LogP contribution in [0.3, 0.4) is 0 Å². The summed E-state index contributed by atoms with van der Waals surface area (Å²) in [7, 11) is 0. The molecule has 0 bridgehead atoms. The van der Waals surface area contributed by atoms with Crippen LogP contribution in [0.2, 0.25) is 0 Å². The molecule has 0 aliphatic carbocycles. The van der Waals surface area contributed by atoms with E-state index in [2.05, 4.69) is 33.4 Å². The first-order valence-corrected chi connectivity index (χ1v) is 11.4. The van der Waals surface area contributed by atoms with Crippen molar-refractivity contribution in [2.75, 3.05) is 19.6 Å². The topological polar surface area (TPSA) is 68.3 Å². The fourth-order valence-corrected chi connectivity index (χ4v) is 3.57. The maximum absolute atomic E-state index is 12.9. The predicted molar refractivity (Wildman–Crippen MR) is 116 cm³/mol. The normalized spacial score (nSPS) is 16.1. The second-order valence-electron chi connectivity index (χ2n) is 9.30. The highest BCUT2D eigenvalue weighted by Crippen LogP contribution is 2.27. The van der Waals surface area contributed by atoms with Crippen molar-refractivity contribution in [3.8, 4) is 0 Å². The SMILES string of the molecule is CCCCCCCCCC/C=C1\C(=O)N(CCCC[NH3+])C(=O)N1CC(C)(C)C.[Cl-]. The summed E-state index contributed by atoms with van der Waals surface area (Å²) in [6, 6.07) is -0.147. The van der Waals surface area contributed by atoms with Gasteiger partial charge in [-0.15, -0.1) is 0 Å². The number of amides is 3. The monoisotopic (exact) mass is 429 g/mol. The number of quaternary nitrogens is 1. The zero-order valence-electron chi connectivity index (χ0n) is 19.3. The smallest absolute Gasteiger partial charge is 0.331 e. The molecule has 1 aliphatic rings. The van der Waals surface area contributed by atoms with Crippen LogP contribution in [0.25, 0.3) is 0 Å². The Kier molecular flexibility index (Phi) is 14.3. The third kappa shape index (κ3) is 10.5. The molecule has 1 heterocycles. The summed E-state index contributed by atoms with van der Waals surface area (Å²) < 4.78 is 0. The van der Waals surface area contributed by atoms with Gasteiger partial charge >= 0.3 is 6.03 Å². The van der Waals surface area contributed by atoms with Gasteiger partial charge in [0.25, 0.3) is 5.91 Å². The highest BCUT2D eigenvalue weighted by molar-refractivity contribution is 6.11. The highest BCUT2D eigenvalue weighted by Gasteiger charge is 2.41. The van der Waals surface area contributed by atoms with E-state index in [1.807, 2.05) is 6.08 Å². The number of nitrogens with zero attached hydrogens (tertiary/aromatic N) is 2. The Bertz CT molecular complexity index is 515. The maximum Gasteiger partial charge on any atom is 0.331 e. The summed E-state index contributed by atoms with van der Waals surface area (Å²) in [4.78, 5) is 28.8. The van der Waals surface area contributed by atoms with E-state index < -0.39 is 0 Å². The lowest BCUT2D eigenvalue weighted by Gasteiger charge is -2.26. The van der Waals surface area contributed by atoms with Crippen molar-refractivity contribution >= 4 is 11.9 Å². The second kappa shape index (κ2) is 14.8. The van der Waals surface area contributed by atoms with Crippen molar-refractivity contribution < 1.29 is 27.7 Å². The minimum absolute atomic E-state index is 0. The Labute approximate surface area is 184 Å². The Morgan fingerprint density at radius 2 is 1.45 bits per heavy atom. The van der Waals surface area contributed by atoms with E-state index in [1.54, 1.807) is 4.90 Å². The summed E-state index contributed by atoms with van der Waals surface area (Å²) in [6.07, 6.45) is 14.8. The van der Waals surface area contributed by atoms with E-state index in [-0.39, 0.29) is 29.8 Å². The second-order valence-corrected chi connectivity index (χ2v) is 9.30. The van der Waals surface area contributed by atoms with E-state index in [9.17, 15) is 9.59 Å². The fraction of sp³-hybridized carbons (Fsp3) is 0.826. The largest absolute Gasteiger partial charge is 1.00 e. The minimum atomic E-state index is -0.147. The van der Waals surface area contributed by atoms with Gasteiger partial charge in [-0.1, -0.05) is 78.7 Å². The number of carbonyl (C=O) groups excluding carboxylic acids is 2. The molecule has 170 valence electrons. The van der Waals surface area contributed by atoms with Crippen molar-refractivity contribution in [2.24, 2.45) is 5.41 Å². The third-order valence-corrected chi connectivity index (χ3v) is 5.13. The van der Waals surface area contributed by atoms with Crippen LogP contribution in [0.1, 0.15) is 98.3 Å². The summed E-state index contributed by atoms with van der Waals surface area (Å²) in [5.74, 6) is -0.113. The van der Waals surface area contributed by atoms with Gasteiger partial charge in [-0.3, -0.25) is 14.6 Å². The van der Waals surface area contributed by atoms with Gasteiger partial charge in [0.2, 0.25) is 0 Å². The number of allylic oxidation sites excluding steroid dienone is 1. The van der Waals surface area contributed by atoms with Crippen LogP contribution in [-0.4, -0.2) is 41.4 Å². The van der Waals surface area contributed by atoms with Crippen molar-refractivity contribution in [1.82, 2.24) is 9.80 Å². The van der Waals surface area contributed by atoms with E-state index in [1.165, 1.54) is 49.8 Å². The molecule has 1 fully saturated rings. The molecule has 0 spiro atoms. The summed E-state index contributed by atoms with van der Waals surface area (Å²) in [6.45, 7) is 10.5. The fourth-order valence-electron chi connectivity index (χ4n) is 3.57. The lowest BCUT2D eigenvalue weighted by Crippen LogP contribution is -3.00. The molecule has 1 aliphatic heterocycles. The summed E-state index contributed by atoms with van der Waals surface area (Å²) >= 11 is 0. The Balaban J connectivity index is 0.00000784. The zero-order valence-corrected chi connectivity index (χ0v) is 20.0. The molecule has 1 rings (SSSR count). The standard InChI is InChI=1S/C23H43N3O2.ClH/c1-5-6-7-8-9-10-11-12-13-16-20-21(27)25(18-15-14-17-24)22(28)26(20)19-23(2,3)4;/h16H,5-15,17-19,24H2,1-4H3;1H/b20-16+;. The molecule has 0 aromatic carbocycles. The first-order chi connectivity index (χ1) is 13.3. The van der Waals surface area contributed by atoms with Gasteiger partial charge in [0, 0.05) is 13.1 Å². The average molecular weight is 430 g/mol. The van der Waals surface area contributed by atoms with Gasteiger partial charge in [-0.2, -0.15) is 0 Å². The highest BCUT2D eigenvalue weighted by atomic mass is 35.5. The van der Waals surface area contributed by atoms with Crippen molar-refractivity contribution in [3.63, 3.8) is 0 Å². The van der Waals surface area contributed by atoms with E-state index in [0.29, 0.717) is 18.8 Å². The van der Waals surface area contributed by atoms with E-state index in [4.69, 9.17) is 0 Å². The van der Waals surface area contributed by atoms with Gasteiger partial charge < -0.3 is 18.1 Å². The van der Waals surface area contributed by atoms with Crippen LogP contribution in [0.15, 0.2) is 11.8 Å². The van der Waals surface area contributed by atoms with Crippen LogP contribution >= 0.6 is 0 Å². The van der Waals surface area contributed by atoms with Gasteiger partial charge in [0.05, 0.1) is 6.54 Å². The number of unbranched alkanes of at least 4 members (excludes halogenated alkanes) is 9. The predicted octanol–water partition coefficient (Wildman–Crippen LogP) is 1.74.